The van der Waals surface area contributed by atoms with Gasteiger partial charge >= 0.3 is 0 Å². The minimum Gasteiger partial charge on any atom is -0.295 e. The van der Waals surface area contributed by atoms with E-state index in [0.29, 0.717) is 12.8 Å². The van der Waals surface area contributed by atoms with Gasteiger partial charge in [-0.05, 0) is 55.2 Å². The normalized spacial score (nSPS) is 23.6. The van der Waals surface area contributed by atoms with Crippen LogP contribution >= 0.6 is 0 Å². The SMILES string of the molecule is Cc1ccc(S(=O)(=O)N2CC3=CC(=O)C[C@@H]3C[C@@H]2c2ccccn2)cc1. The number of aryl methyl sites for hydroxylation is 1. The number of pyridine rings is 1. The maximum Gasteiger partial charge on any atom is 0.243 e. The third-order valence-electron chi connectivity index (χ3n) is 5.17. The molecule has 1 fully saturated rings. The summed E-state index contributed by atoms with van der Waals surface area (Å²) in [6, 6.07) is 12.0. The topological polar surface area (TPSA) is 67.3 Å². The zero-order valence-electron chi connectivity index (χ0n) is 14.5. The minimum absolute atomic E-state index is 0.0827. The first-order valence-corrected chi connectivity index (χ1v) is 10.1. The second-order valence-electron chi connectivity index (χ2n) is 6.96. The Morgan fingerprint density at radius 1 is 1.12 bits per heavy atom. The maximum atomic E-state index is 13.3. The summed E-state index contributed by atoms with van der Waals surface area (Å²) in [6.07, 6.45) is 4.35. The average Bonchev–Trinajstić information content (AvgIpc) is 3.01. The molecule has 26 heavy (non-hydrogen) atoms. The molecule has 4 rings (SSSR count). The first kappa shape index (κ1) is 17.1. The largest absolute Gasteiger partial charge is 0.295 e. The van der Waals surface area contributed by atoms with Crippen molar-refractivity contribution in [3.63, 3.8) is 0 Å². The van der Waals surface area contributed by atoms with E-state index in [1.165, 1.54) is 4.31 Å². The van der Waals surface area contributed by atoms with Crippen LogP contribution < -0.4 is 0 Å². The van der Waals surface area contributed by atoms with Crippen molar-refractivity contribution in [1.29, 1.82) is 0 Å². The van der Waals surface area contributed by atoms with E-state index in [9.17, 15) is 13.2 Å². The Labute approximate surface area is 153 Å². The quantitative estimate of drug-likeness (QED) is 0.835. The van der Waals surface area contributed by atoms with E-state index in [1.54, 1.807) is 36.5 Å². The Bertz CT molecular complexity index is 966. The Morgan fingerprint density at radius 2 is 1.88 bits per heavy atom. The molecule has 0 spiro atoms. The van der Waals surface area contributed by atoms with E-state index in [0.717, 1.165) is 16.8 Å². The van der Waals surface area contributed by atoms with Crippen LogP contribution in [0.4, 0.5) is 0 Å². The van der Waals surface area contributed by atoms with Gasteiger partial charge in [-0.25, -0.2) is 8.42 Å². The van der Waals surface area contributed by atoms with Gasteiger partial charge in [0, 0.05) is 19.2 Å². The van der Waals surface area contributed by atoms with Crippen molar-refractivity contribution in [2.45, 2.75) is 30.7 Å². The van der Waals surface area contributed by atoms with Crippen LogP contribution in [0.25, 0.3) is 0 Å². The highest BCUT2D eigenvalue weighted by molar-refractivity contribution is 7.89. The second kappa shape index (κ2) is 6.45. The van der Waals surface area contributed by atoms with Crippen LogP contribution in [0.1, 0.15) is 30.1 Å². The standard InChI is InChI=1S/C20H20N2O3S/c1-14-5-7-18(8-6-14)26(24,25)22-13-16-11-17(23)10-15(16)12-20(22)19-4-2-3-9-21-19/h2-9,11,15,20H,10,12-13H2,1H3/t15-,20-/m1/s1. The minimum atomic E-state index is -3.69. The molecule has 0 unspecified atom stereocenters. The number of carbonyl (C=O) groups is 1. The predicted octanol–water partition coefficient (Wildman–Crippen LogP) is 3.04. The van der Waals surface area contributed by atoms with Gasteiger partial charge in [0.05, 0.1) is 16.6 Å². The van der Waals surface area contributed by atoms with Gasteiger partial charge in [0.25, 0.3) is 0 Å². The fraction of sp³-hybridized carbons (Fsp3) is 0.300. The number of piperidine rings is 1. The smallest absolute Gasteiger partial charge is 0.243 e. The van der Waals surface area contributed by atoms with E-state index in [4.69, 9.17) is 0 Å². The van der Waals surface area contributed by atoms with Crippen molar-refractivity contribution in [3.8, 4) is 0 Å². The van der Waals surface area contributed by atoms with Gasteiger partial charge in [-0.15, -0.1) is 0 Å². The Kier molecular flexibility index (Phi) is 4.25. The molecule has 0 bridgehead atoms. The molecule has 1 saturated heterocycles. The van der Waals surface area contributed by atoms with Gasteiger partial charge < -0.3 is 0 Å². The molecule has 6 heteroatoms. The van der Waals surface area contributed by atoms with Crippen LogP contribution in [0.2, 0.25) is 0 Å². The molecule has 5 nitrogen and oxygen atoms in total. The predicted molar refractivity (Wildman–Crippen MR) is 97.9 cm³/mol. The van der Waals surface area contributed by atoms with Gasteiger partial charge in [0.15, 0.2) is 5.78 Å². The summed E-state index contributed by atoms with van der Waals surface area (Å²) in [7, 11) is -3.69. The van der Waals surface area contributed by atoms with Crippen LogP contribution in [0.5, 0.6) is 0 Å². The van der Waals surface area contributed by atoms with E-state index >= 15 is 0 Å². The zero-order valence-corrected chi connectivity index (χ0v) is 15.3. The molecule has 1 aliphatic carbocycles. The number of ketones is 1. The summed E-state index contributed by atoms with van der Waals surface area (Å²) in [5, 5.41) is 0. The number of rotatable bonds is 3. The number of aromatic nitrogens is 1. The molecule has 0 N–H and O–H groups in total. The third kappa shape index (κ3) is 2.99. The van der Waals surface area contributed by atoms with Gasteiger partial charge in [-0.3, -0.25) is 9.78 Å². The molecule has 2 atom stereocenters. The first-order chi connectivity index (χ1) is 12.4. The van der Waals surface area contributed by atoms with Crippen LogP contribution in [0.3, 0.4) is 0 Å². The molecule has 0 amide bonds. The van der Waals surface area contributed by atoms with E-state index < -0.39 is 10.0 Å². The number of nitrogens with zero attached hydrogens (tertiary/aromatic N) is 2. The Morgan fingerprint density at radius 3 is 2.58 bits per heavy atom. The van der Waals surface area contributed by atoms with Crippen molar-refractivity contribution in [3.05, 3.63) is 71.6 Å². The number of benzene rings is 1. The van der Waals surface area contributed by atoms with Crippen LogP contribution in [-0.4, -0.2) is 30.0 Å². The van der Waals surface area contributed by atoms with Crippen LogP contribution in [-0.2, 0) is 14.8 Å². The summed E-state index contributed by atoms with van der Waals surface area (Å²) in [4.78, 5) is 16.5. The Hall–Kier alpha value is -2.31. The van der Waals surface area contributed by atoms with Gasteiger partial charge in [-0.2, -0.15) is 4.31 Å². The van der Waals surface area contributed by atoms with E-state index in [1.807, 2.05) is 25.1 Å². The number of allylic oxidation sites excluding steroid dienone is 1. The van der Waals surface area contributed by atoms with Crippen molar-refractivity contribution in [2.75, 3.05) is 6.54 Å². The summed E-state index contributed by atoms with van der Waals surface area (Å²) in [5.74, 6) is 0.193. The summed E-state index contributed by atoms with van der Waals surface area (Å²) >= 11 is 0. The third-order valence-corrected chi connectivity index (χ3v) is 7.04. The second-order valence-corrected chi connectivity index (χ2v) is 8.85. The highest BCUT2D eigenvalue weighted by atomic mass is 32.2. The number of fused-ring (bicyclic) bond motifs is 1. The van der Waals surface area contributed by atoms with E-state index in [2.05, 4.69) is 4.98 Å². The van der Waals surface area contributed by atoms with E-state index in [-0.39, 0.29) is 29.2 Å². The Balaban J connectivity index is 1.78. The lowest BCUT2D eigenvalue weighted by atomic mass is 9.88. The maximum absolute atomic E-state index is 13.3. The number of hydrogen-bond acceptors (Lipinski definition) is 4. The number of carbonyl (C=O) groups excluding carboxylic acids is 1. The molecule has 2 aliphatic rings. The number of sulfonamides is 1. The summed E-state index contributed by atoms with van der Waals surface area (Å²) < 4.78 is 28.2. The lowest BCUT2D eigenvalue weighted by Gasteiger charge is -2.38. The highest BCUT2D eigenvalue weighted by Crippen LogP contribution is 2.43. The monoisotopic (exact) mass is 368 g/mol. The van der Waals surface area contributed by atoms with Crippen LogP contribution in [0, 0.1) is 12.8 Å². The zero-order chi connectivity index (χ0) is 18.3. The van der Waals surface area contributed by atoms with Gasteiger partial charge in [0.2, 0.25) is 10.0 Å². The first-order valence-electron chi connectivity index (χ1n) is 8.68. The number of hydrogen-bond donors (Lipinski definition) is 0. The lowest BCUT2D eigenvalue weighted by molar-refractivity contribution is -0.114. The van der Waals surface area contributed by atoms with Crippen LogP contribution in [0.15, 0.2) is 65.2 Å². The van der Waals surface area contributed by atoms with Crippen molar-refractivity contribution >= 4 is 15.8 Å². The molecular formula is C20H20N2O3S. The van der Waals surface area contributed by atoms with Gasteiger partial charge in [-0.1, -0.05) is 23.8 Å². The molecule has 1 aromatic heterocycles. The molecule has 0 saturated carbocycles. The fourth-order valence-corrected chi connectivity index (χ4v) is 5.38. The molecule has 134 valence electrons. The molecule has 1 aromatic carbocycles. The molecular weight excluding hydrogens is 348 g/mol. The highest BCUT2D eigenvalue weighted by Gasteiger charge is 2.42. The summed E-state index contributed by atoms with van der Waals surface area (Å²) in [5.41, 5.74) is 2.65. The molecule has 0 radical (unpaired) electrons. The fourth-order valence-electron chi connectivity index (χ4n) is 3.78. The van der Waals surface area contributed by atoms with Gasteiger partial charge in [0.1, 0.15) is 0 Å². The van der Waals surface area contributed by atoms with Crippen molar-refractivity contribution in [1.82, 2.24) is 9.29 Å². The molecule has 1 aliphatic heterocycles. The summed E-state index contributed by atoms with van der Waals surface area (Å²) in [6.45, 7) is 2.17. The molecule has 2 heterocycles. The van der Waals surface area contributed by atoms with Crippen molar-refractivity contribution < 1.29 is 13.2 Å². The van der Waals surface area contributed by atoms with Crippen molar-refractivity contribution in [2.24, 2.45) is 5.92 Å². The molecule has 2 aromatic rings. The lowest BCUT2D eigenvalue weighted by Crippen LogP contribution is -2.42. The average molecular weight is 368 g/mol.